The van der Waals surface area contributed by atoms with Gasteiger partial charge in [-0.3, -0.25) is 4.79 Å². The summed E-state index contributed by atoms with van der Waals surface area (Å²) in [7, 11) is 0. The molecular weight excluding hydrogens is 321 g/mol. The lowest BCUT2D eigenvalue weighted by atomic mass is 9.98. The van der Waals surface area contributed by atoms with E-state index in [2.05, 4.69) is 0 Å². The summed E-state index contributed by atoms with van der Waals surface area (Å²) in [6.07, 6.45) is 2.50. The number of hydrogen-bond acceptors (Lipinski definition) is 3. The molecule has 2 heterocycles. The van der Waals surface area contributed by atoms with Gasteiger partial charge in [-0.15, -0.1) is 0 Å². The molecule has 2 aliphatic rings. The molecule has 0 saturated carbocycles. The van der Waals surface area contributed by atoms with E-state index in [0.29, 0.717) is 37.9 Å². The summed E-state index contributed by atoms with van der Waals surface area (Å²) in [6.45, 7) is 1.58. The van der Waals surface area contributed by atoms with Gasteiger partial charge in [-0.05, 0) is 54.2 Å². The van der Waals surface area contributed by atoms with Gasteiger partial charge in [-0.2, -0.15) is 0 Å². The Hall–Kier alpha value is -2.56. The van der Waals surface area contributed by atoms with E-state index in [1.54, 1.807) is 12.1 Å². The van der Waals surface area contributed by atoms with Crippen molar-refractivity contribution < 1.29 is 18.7 Å². The molecule has 0 spiro atoms. The van der Waals surface area contributed by atoms with Crippen molar-refractivity contribution in [2.45, 2.75) is 32.2 Å². The van der Waals surface area contributed by atoms with E-state index < -0.39 is 0 Å². The molecule has 2 aliphatic heterocycles. The molecule has 4 nitrogen and oxygen atoms in total. The molecule has 25 heavy (non-hydrogen) atoms. The van der Waals surface area contributed by atoms with Gasteiger partial charge in [0.2, 0.25) is 12.7 Å². The third kappa shape index (κ3) is 3.31. The fourth-order valence-electron chi connectivity index (χ4n) is 3.45. The number of carbonyl (C=O) groups excluding carboxylic acids is 1. The highest BCUT2D eigenvalue weighted by Gasteiger charge is 2.24. The van der Waals surface area contributed by atoms with E-state index >= 15 is 0 Å². The summed E-state index contributed by atoms with van der Waals surface area (Å²) in [5, 5.41) is 0. The quantitative estimate of drug-likeness (QED) is 0.855. The Balaban J connectivity index is 1.35. The second kappa shape index (κ2) is 6.75. The van der Waals surface area contributed by atoms with Crippen LogP contribution in [0.2, 0.25) is 0 Å². The fourth-order valence-corrected chi connectivity index (χ4v) is 3.45. The van der Waals surface area contributed by atoms with E-state index in [9.17, 15) is 9.18 Å². The molecule has 5 heteroatoms. The molecule has 0 fully saturated rings. The first kappa shape index (κ1) is 15.9. The van der Waals surface area contributed by atoms with Crippen LogP contribution in [0.3, 0.4) is 0 Å². The van der Waals surface area contributed by atoms with Crippen LogP contribution >= 0.6 is 0 Å². The van der Waals surface area contributed by atoms with Crippen molar-refractivity contribution in [2.75, 3.05) is 13.3 Å². The first-order valence-electron chi connectivity index (χ1n) is 8.63. The summed E-state index contributed by atoms with van der Waals surface area (Å²) in [6, 6.07) is 10.8. The lowest BCUT2D eigenvalue weighted by Crippen LogP contribution is -2.35. The maximum absolute atomic E-state index is 13.6. The number of fused-ring (bicyclic) bond motifs is 2. The number of rotatable bonds is 4. The molecule has 0 saturated heterocycles. The zero-order chi connectivity index (χ0) is 17.2. The summed E-state index contributed by atoms with van der Waals surface area (Å²) in [5.74, 6) is 1.48. The zero-order valence-corrected chi connectivity index (χ0v) is 14.0. The molecule has 1 amide bonds. The van der Waals surface area contributed by atoms with Crippen LogP contribution in [0.1, 0.15) is 29.5 Å². The number of ether oxygens (including phenoxy) is 2. The van der Waals surface area contributed by atoms with Gasteiger partial charge in [0, 0.05) is 19.5 Å². The van der Waals surface area contributed by atoms with Gasteiger partial charge in [-0.1, -0.05) is 18.2 Å². The number of hydrogen-bond donors (Lipinski definition) is 0. The summed E-state index contributed by atoms with van der Waals surface area (Å²) < 4.78 is 24.5. The average molecular weight is 341 g/mol. The first-order valence-corrected chi connectivity index (χ1v) is 8.63. The van der Waals surface area contributed by atoms with Crippen LogP contribution in [-0.2, 0) is 24.2 Å². The van der Waals surface area contributed by atoms with E-state index in [1.165, 1.54) is 11.6 Å². The van der Waals surface area contributed by atoms with Gasteiger partial charge in [-0.25, -0.2) is 4.39 Å². The summed E-state index contributed by atoms with van der Waals surface area (Å²) >= 11 is 0. The van der Waals surface area contributed by atoms with E-state index in [-0.39, 0.29) is 18.5 Å². The Morgan fingerprint density at radius 3 is 2.68 bits per heavy atom. The molecule has 0 bridgehead atoms. The van der Waals surface area contributed by atoms with Crippen LogP contribution in [0.15, 0.2) is 36.4 Å². The molecule has 0 unspecified atom stereocenters. The Bertz CT molecular complexity index is 806. The van der Waals surface area contributed by atoms with Crippen LogP contribution in [0.5, 0.6) is 11.5 Å². The monoisotopic (exact) mass is 341 g/mol. The lowest BCUT2D eigenvalue weighted by Gasteiger charge is -2.29. The van der Waals surface area contributed by atoms with Crippen molar-refractivity contribution in [1.29, 1.82) is 0 Å². The van der Waals surface area contributed by atoms with Crippen LogP contribution in [0.25, 0.3) is 0 Å². The molecular formula is C20H20FNO3. The summed E-state index contributed by atoms with van der Waals surface area (Å²) in [4.78, 5) is 14.4. The number of benzene rings is 2. The maximum atomic E-state index is 13.6. The number of nitrogens with zero attached hydrogens (tertiary/aromatic N) is 1. The normalized spacial score (nSPS) is 15.2. The van der Waals surface area contributed by atoms with Crippen LogP contribution in [-0.4, -0.2) is 24.1 Å². The molecule has 4 rings (SSSR count). The molecule has 0 atom stereocenters. The number of amides is 1. The molecule has 0 aromatic heterocycles. The highest BCUT2D eigenvalue weighted by Crippen LogP contribution is 2.36. The fraction of sp³-hybridized carbons (Fsp3) is 0.350. The Morgan fingerprint density at radius 2 is 1.88 bits per heavy atom. The second-order valence-corrected chi connectivity index (χ2v) is 6.48. The maximum Gasteiger partial charge on any atom is 0.231 e. The van der Waals surface area contributed by atoms with Gasteiger partial charge in [0.1, 0.15) is 5.82 Å². The SMILES string of the molecule is O=C(CCCc1ccccc1F)N1CCc2cc3c(cc2C1)OCO3. The molecule has 0 aliphatic carbocycles. The van der Waals surface area contributed by atoms with Crippen LogP contribution in [0.4, 0.5) is 4.39 Å². The smallest absolute Gasteiger partial charge is 0.231 e. The Morgan fingerprint density at radius 1 is 1.12 bits per heavy atom. The predicted octanol–water partition coefficient (Wildman–Crippen LogP) is 3.46. The van der Waals surface area contributed by atoms with Gasteiger partial charge < -0.3 is 14.4 Å². The number of aryl methyl sites for hydroxylation is 1. The van der Waals surface area contributed by atoms with Crippen LogP contribution < -0.4 is 9.47 Å². The first-order chi connectivity index (χ1) is 12.2. The van der Waals surface area contributed by atoms with Crippen molar-refractivity contribution in [3.05, 3.63) is 58.9 Å². The van der Waals surface area contributed by atoms with Crippen LogP contribution in [0, 0.1) is 5.82 Å². The Labute approximate surface area is 146 Å². The molecule has 0 N–H and O–H groups in total. The minimum atomic E-state index is -0.196. The van der Waals surface area contributed by atoms with E-state index in [4.69, 9.17) is 9.47 Å². The molecule has 130 valence electrons. The van der Waals surface area contributed by atoms with Crippen molar-refractivity contribution in [2.24, 2.45) is 0 Å². The van der Waals surface area contributed by atoms with Crippen molar-refractivity contribution in [1.82, 2.24) is 4.90 Å². The molecule has 2 aromatic carbocycles. The van der Waals surface area contributed by atoms with Gasteiger partial charge in [0.05, 0.1) is 0 Å². The zero-order valence-electron chi connectivity index (χ0n) is 14.0. The number of halogens is 1. The largest absolute Gasteiger partial charge is 0.454 e. The van der Waals surface area contributed by atoms with Gasteiger partial charge in [0.15, 0.2) is 11.5 Å². The minimum absolute atomic E-state index is 0.125. The highest BCUT2D eigenvalue weighted by molar-refractivity contribution is 5.76. The average Bonchev–Trinajstić information content (AvgIpc) is 3.08. The third-order valence-corrected chi connectivity index (χ3v) is 4.85. The molecule has 0 radical (unpaired) electrons. The summed E-state index contributed by atoms with van der Waals surface area (Å²) in [5.41, 5.74) is 3.02. The third-order valence-electron chi connectivity index (χ3n) is 4.85. The standard InChI is InChI=1S/C20H20FNO3/c21-17-6-2-1-4-14(17)5-3-7-20(23)22-9-8-15-10-18-19(25-13-24-18)11-16(15)12-22/h1-2,4,6,10-11H,3,5,7-9,12-13H2. The van der Waals surface area contributed by atoms with Crippen molar-refractivity contribution in [3.8, 4) is 11.5 Å². The minimum Gasteiger partial charge on any atom is -0.454 e. The Kier molecular flexibility index (Phi) is 4.30. The van der Waals surface area contributed by atoms with E-state index in [0.717, 1.165) is 23.5 Å². The number of carbonyl (C=O) groups is 1. The second-order valence-electron chi connectivity index (χ2n) is 6.48. The van der Waals surface area contributed by atoms with Crippen molar-refractivity contribution in [3.63, 3.8) is 0 Å². The van der Waals surface area contributed by atoms with Crippen molar-refractivity contribution >= 4 is 5.91 Å². The molecule has 2 aromatic rings. The van der Waals surface area contributed by atoms with Gasteiger partial charge in [0.25, 0.3) is 0 Å². The highest BCUT2D eigenvalue weighted by atomic mass is 19.1. The topological polar surface area (TPSA) is 38.8 Å². The predicted molar refractivity (Wildman–Crippen MR) is 91.0 cm³/mol. The van der Waals surface area contributed by atoms with Gasteiger partial charge >= 0.3 is 0 Å². The lowest BCUT2D eigenvalue weighted by molar-refractivity contribution is -0.132. The van der Waals surface area contributed by atoms with E-state index in [1.807, 2.05) is 23.1 Å².